The van der Waals surface area contributed by atoms with Crippen LogP contribution >= 0.6 is 39.1 Å². The molecule has 0 amide bonds. The molecular formula is C6H5BrCl2N2. The second kappa shape index (κ2) is 4.24. The summed E-state index contributed by atoms with van der Waals surface area (Å²) in [6, 6.07) is 0. The van der Waals surface area contributed by atoms with Crippen LogP contribution < -0.4 is 0 Å². The highest BCUT2D eigenvalue weighted by Crippen LogP contribution is 2.20. The number of alkyl halides is 1. The topological polar surface area (TPSA) is 25.8 Å². The van der Waals surface area contributed by atoms with E-state index in [1.807, 2.05) is 0 Å². The van der Waals surface area contributed by atoms with Gasteiger partial charge in [-0.05, 0) is 6.42 Å². The molecule has 0 radical (unpaired) electrons. The highest BCUT2D eigenvalue weighted by Gasteiger charge is 2.05. The van der Waals surface area contributed by atoms with E-state index in [1.54, 1.807) is 0 Å². The number of hydrogen-bond acceptors (Lipinski definition) is 2. The van der Waals surface area contributed by atoms with Crippen LogP contribution in [-0.4, -0.2) is 15.3 Å². The fourth-order valence-corrected chi connectivity index (χ4v) is 1.57. The molecule has 0 saturated heterocycles. The maximum atomic E-state index is 5.75. The van der Waals surface area contributed by atoms with Crippen LogP contribution in [0.2, 0.25) is 10.3 Å². The maximum absolute atomic E-state index is 5.75. The fourth-order valence-electron chi connectivity index (χ4n) is 0.672. The van der Waals surface area contributed by atoms with E-state index < -0.39 is 0 Å². The highest BCUT2D eigenvalue weighted by atomic mass is 79.9. The van der Waals surface area contributed by atoms with Crippen LogP contribution in [0.15, 0.2) is 6.33 Å². The van der Waals surface area contributed by atoms with Gasteiger partial charge < -0.3 is 0 Å². The van der Waals surface area contributed by atoms with Crippen LogP contribution in [0.25, 0.3) is 0 Å². The third kappa shape index (κ3) is 2.29. The Hall–Kier alpha value is 0.140. The minimum Gasteiger partial charge on any atom is -0.224 e. The molecule has 1 aromatic rings. The Morgan fingerprint density at radius 2 is 1.82 bits per heavy atom. The Morgan fingerprint density at radius 3 is 2.27 bits per heavy atom. The summed E-state index contributed by atoms with van der Waals surface area (Å²) in [4.78, 5) is 7.62. The average molecular weight is 256 g/mol. The predicted octanol–water partition coefficient (Wildman–Crippen LogP) is 2.72. The van der Waals surface area contributed by atoms with Crippen LogP contribution in [0.3, 0.4) is 0 Å². The van der Waals surface area contributed by atoms with Gasteiger partial charge in [-0.25, -0.2) is 9.97 Å². The summed E-state index contributed by atoms with van der Waals surface area (Å²) in [7, 11) is 0. The molecule has 2 nitrogen and oxygen atoms in total. The molecule has 0 aliphatic carbocycles. The van der Waals surface area contributed by atoms with E-state index in [4.69, 9.17) is 23.2 Å². The lowest BCUT2D eigenvalue weighted by Crippen LogP contribution is -1.93. The van der Waals surface area contributed by atoms with Gasteiger partial charge in [0.2, 0.25) is 0 Å². The van der Waals surface area contributed by atoms with E-state index >= 15 is 0 Å². The van der Waals surface area contributed by atoms with E-state index in [2.05, 4.69) is 25.9 Å². The summed E-state index contributed by atoms with van der Waals surface area (Å²) in [6.07, 6.45) is 2.10. The number of hydrogen-bond donors (Lipinski definition) is 0. The number of halogens is 3. The van der Waals surface area contributed by atoms with Crippen molar-refractivity contribution >= 4 is 39.1 Å². The SMILES string of the molecule is Clc1ncnc(Cl)c1CCBr. The summed E-state index contributed by atoms with van der Waals surface area (Å²) < 4.78 is 0. The lowest BCUT2D eigenvalue weighted by Gasteiger charge is -2.00. The van der Waals surface area contributed by atoms with Gasteiger partial charge in [-0.15, -0.1) is 0 Å². The zero-order valence-electron chi connectivity index (χ0n) is 5.52. The third-order valence-electron chi connectivity index (χ3n) is 1.18. The summed E-state index contributed by atoms with van der Waals surface area (Å²) in [5.41, 5.74) is 0.799. The minimum atomic E-state index is 0.435. The molecule has 5 heteroatoms. The van der Waals surface area contributed by atoms with E-state index in [0.29, 0.717) is 10.3 Å². The molecule has 0 unspecified atom stereocenters. The molecule has 0 N–H and O–H groups in total. The Morgan fingerprint density at radius 1 is 1.27 bits per heavy atom. The first-order chi connectivity index (χ1) is 5.25. The van der Waals surface area contributed by atoms with Gasteiger partial charge in [-0.3, -0.25) is 0 Å². The molecule has 1 aromatic heterocycles. The average Bonchev–Trinajstić information content (AvgIpc) is 1.97. The number of aromatic nitrogens is 2. The van der Waals surface area contributed by atoms with Crippen molar-refractivity contribution in [3.05, 3.63) is 22.2 Å². The molecule has 0 aliphatic rings. The first kappa shape index (κ1) is 9.23. The van der Waals surface area contributed by atoms with Gasteiger partial charge >= 0.3 is 0 Å². The van der Waals surface area contributed by atoms with E-state index in [-0.39, 0.29) is 0 Å². The first-order valence-electron chi connectivity index (χ1n) is 2.96. The number of nitrogens with zero attached hydrogens (tertiary/aromatic N) is 2. The van der Waals surface area contributed by atoms with Crippen LogP contribution in [0.4, 0.5) is 0 Å². The summed E-state index contributed by atoms with van der Waals surface area (Å²) in [6.45, 7) is 0. The van der Waals surface area contributed by atoms with E-state index in [0.717, 1.165) is 17.3 Å². The van der Waals surface area contributed by atoms with Crippen molar-refractivity contribution in [1.82, 2.24) is 9.97 Å². The quantitative estimate of drug-likeness (QED) is 0.600. The second-order valence-electron chi connectivity index (χ2n) is 1.87. The maximum Gasteiger partial charge on any atom is 0.137 e. The standard InChI is InChI=1S/C6H5BrCl2N2/c7-2-1-4-5(8)10-3-11-6(4)9/h3H,1-2H2. The summed E-state index contributed by atoms with van der Waals surface area (Å²) in [5.74, 6) is 0. The van der Waals surface area contributed by atoms with Crippen LogP contribution in [0.1, 0.15) is 5.56 Å². The van der Waals surface area contributed by atoms with Crippen molar-refractivity contribution in [2.75, 3.05) is 5.33 Å². The van der Waals surface area contributed by atoms with Gasteiger partial charge in [0.1, 0.15) is 16.6 Å². The van der Waals surface area contributed by atoms with Crippen LogP contribution in [0.5, 0.6) is 0 Å². The van der Waals surface area contributed by atoms with Crippen molar-refractivity contribution in [2.45, 2.75) is 6.42 Å². The summed E-state index contributed by atoms with van der Waals surface area (Å²) >= 11 is 14.8. The lowest BCUT2D eigenvalue weighted by molar-refractivity contribution is 1.06. The highest BCUT2D eigenvalue weighted by molar-refractivity contribution is 9.09. The predicted molar refractivity (Wildman–Crippen MR) is 49.6 cm³/mol. The Balaban J connectivity index is 3.00. The molecule has 0 atom stereocenters. The van der Waals surface area contributed by atoms with E-state index in [1.165, 1.54) is 6.33 Å². The molecule has 0 aliphatic heterocycles. The first-order valence-corrected chi connectivity index (χ1v) is 4.84. The van der Waals surface area contributed by atoms with Crippen molar-refractivity contribution in [3.8, 4) is 0 Å². The molecular weight excluding hydrogens is 251 g/mol. The second-order valence-corrected chi connectivity index (χ2v) is 3.38. The Labute approximate surface area is 83.1 Å². The molecule has 0 spiro atoms. The molecule has 0 bridgehead atoms. The molecule has 60 valence electrons. The monoisotopic (exact) mass is 254 g/mol. The van der Waals surface area contributed by atoms with Crippen molar-refractivity contribution in [3.63, 3.8) is 0 Å². The molecule has 1 rings (SSSR count). The molecule has 11 heavy (non-hydrogen) atoms. The van der Waals surface area contributed by atoms with Gasteiger partial charge in [0.05, 0.1) is 0 Å². The molecule has 0 saturated carbocycles. The third-order valence-corrected chi connectivity index (χ3v) is 2.23. The summed E-state index contributed by atoms with van der Waals surface area (Å²) in [5, 5.41) is 1.67. The van der Waals surface area contributed by atoms with Crippen LogP contribution in [-0.2, 0) is 6.42 Å². The van der Waals surface area contributed by atoms with Gasteiger partial charge in [0.15, 0.2) is 0 Å². The zero-order chi connectivity index (χ0) is 8.27. The smallest absolute Gasteiger partial charge is 0.137 e. The van der Waals surface area contributed by atoms with Crippen molar-refractivity contribution < 1.29 is 0 Å². The molecule has 0 fully saturated rings. The fraction of sp³-hybridized carbons (Fsp3) is 0.333. The van der Waals surface area contributed by atoms with Gasteiger partial charge in [-0.2, -0.15) is 0 Å². The zero-order valence-corrected chi connectivity index (χ0v) is 8.62. The Bertz CT molecular complexity index is 234. The van der Waals surface area contributed by atoms with Crippen molar-refractivity contribution in [2.24, 2.45) is 0 Å². The molecule has 1 heterocycles. The van der Waals surface area contributed by atoms with Gasteiger partial charge in [-0.1, -0.05) is 39.1 Å². The largest absolute Gasteiger partial charge is 0.224 e. The number of rotatable bonds is 2. The van der Waals surface area contributed by atoms with E-state index in [9.17, 15) is 0 Å². The van der Waals surface area contributed by atoms with Crippen LogP contribution in [0, 0.1) is 0 Å². The lowest BCUT2D eigenvalue weighted by atomic mass is 10.3. The minimum absolute atomic E-state index is 0.435. The normalized spacial score (nSPS) is 10.1. The Kier molecular flexibility index (Phi) is 3.55. The van der Waals surface area contributed by atoms with Crippen molar-refractivity contribution in [1.29, 1.82) is 0 Å². The van der Waals surface area contributed by atoms with Gasteiger partial charge in [0.25, 0.3) is 0 Å². The molecule has 0 aromatic carbocycles. The van der Waals surface area contributed by atoms with Gasteiger partial charge in [0, 0.05) is 10.9 Å².